The van der Waals surface area contributed by atoms with Crippen LogP contribution in [0.15, 0.2) is 0 Å². The van der Waals surface area contributed by atoms with Gasteiger partial charge in [-0.05, 0) is 51.2 Å². The van der Waals surface area contributed by atoms with E-state index in [0.717, 1.165) is 22.1 Å². The number of rotatable bonds is 4. The molecule has 0 radical (unpaired) electrons. The maximum Gasteiger partial charge on any atom is 0.169 e. The summed E-state index contributed by atoms with van der Waals surface area (Å²) < 4.78 is 25.6. The van der Waals surface area contributed by atoms with Gasteiger partial charge in [-0.25, -0.2) is 8.42 Å². The number of nitrogens with one attached hydrogen (secondary N) is 1. The Morgan fingerprint density at radius 1 is 1.30 bits per heavy atom. The lowest BCUT2D eigenvalue weighted by atomic mass is 9.86. The molecular weight excluding hydrogens is 380 g/mol. The van der Waals surface area contributed by atoms with Crippen LogP contribution >= 0.6 is 12.2 Å². The van der Waals surface area contributed by atoms with Crippen molar-refractivity contribution < 1.29 is 8.42 Å². The van der Waals surface area contributed by atoms with E-state index in [1.165, 1.54) is 25.7 Å². The van der Waals surface area contributed by atoms with Gasteiger partial charge in [0, 0.05) is 30.9 Å². The molecular formula is C19H32N4O2S2. The lowest BCUT2D eigenvalue weighted by molar-refractivity contribution is 0.300. The number of aromatic nitrogens is 2. The smallest absolute Gasteiger partial charge is 0.169 e. The van der Waals surface area contributed by atoms with Crippen LogP contribution in [-0.2, 0) is 16.4 Å². The minimum Gasteiger partial charge on any atom is -0.360 e. The summed E-state index contributed by atoms with van der Waals surface area (Å²) in [5.41, 5.74) is 3.15. The van der Waals surface area contributed by atoms with Gasteiger partial charge in [-0.2, -0.15) is 5.10 Å². The van der Waals surface area contributed by atoms with Crippen LogP contribution in [-0.4, -0.2) is 52.8 Å². The van der Waals surface area contributed by atoms with Gasteiger partial charge in [-0.15, -0.1) is 0 Å². The fourth-order valence-corrected chi connectivity index (χ4v) is 6.27. The van der Waals surface area contributed by atoms with Crippen molar-refractivity contribution in [3.8, 4) is 0 Å². The second-order valence-electron chi connectivity index (χ2n) is 8.32. The Labute approximate surface area is 168 Å². The van der Waals surface area contributed by atoms with Crippen LogP contribution in [0.5, 0.6) is 0 Å². The van der Waals surface area contributed by atoms with Crippen LogP contribution in [0, 0.1) is 19.8 Å². The quantitative estimate of drug-likeness (QED) is 0.767. The molecule has 0 bridgehead atoms. The van der Waals surface area contributed by atoms with Crippen LogP contribution < -0.4 is 5.32 Å². The van der Waals surface area contributed by atoms with E-state index in [-0.39, 0.29) is 17.5 Å². The fraction of sp³-hybridized carbons (Fsp3) is 0.789. The summed E-state index contributed by atoms with van der Waals surface area (Å²) >= 11 is 5.65. The number of nitrogens with zero attached hydrogens (tertiary/aromatic N) is 3. The van der Waals surface area contributed by atoms with Gasteiger partial charge in [0.2, 0.25) is 0 Å². The topological polar surface area (TPSA) is 67.2 Å². The molecule has 8 heteroatoms. The first-order valence-electron chi connectivity index (χ1n) is 9.94. The average Bonchev–Trinajstić information content (AvgIpc) is 3.10. The number of aryl methyl sites for hydroxylation is 1. The molecule has 2 fully saturated rings. The molecule has 1 saturated heterocycles. The van der Waals surface area contributed by atoms with Gasteiger partial charge in [0.15, 0.2) is 14.9 Å². The Bertz CT molecular complexity index is 803. The fourth-order valence-electron chi connectivity index (χ4n) is 4.36. The Kier molecular flexibility index (Phi) is 6.15. The summed E-state index contributed by atoms with van der Waals surface area (Å²) in [5, 5.41) is 8.99. The molecule has 152 valence electrons. The third-order valence-electron chi connectivity index (χ3n) is 6.19. The van der Waals surface area contributed by atoms with Crippen molar-refractivity contribution in [2.75, 3.05) is 18.6 Å². The minimum atomic E-state index is -2.92. The van der Waals surface area contributed by atoms with Gasteiger partial charge >= 0.3 is 0 Å². The number of hydrogen-bond donors (Lipinski definition) is 1. The Hall–Kier alpha value is -1.15. The maximum atomic E-state index is 11.8. The molecule has 2 aliphatic rings. The first-order valence-corrected chi connectivity index (χ1v) is 12.2. The van der Waals surface area contributed by atoms with Crippen LogP contribution in [0.1, 0.15) is 62.0 Å². The molecule has 0 spiro atoms. The first kappa shape index (κ1) is 20.6. The van der Waals surface area contributed by atoms with Crippen molar-refractivity contribution >= 4 is 27.2 Å². The normalized spacial score (nSPS) is 27.5. The minimum absolute atomic E-state index is 0.0408. The van der Waals surface area contributed by atoms with E-state index in [9.17, 15) is 8.42 Å². The van der Waals surface area contributed by atoms with Crippen LogP contribution in [0.4, 0.5) is 0 Å². The zero-order valence-corrected chi connectivity index (χ0v) is 18.5. The SMILES string of the molecule is Cc1nn([C@H]2CCS(=O)(=O)C2)c(C)c1CN(C)C(=S)N[C@@H]1CCCC[C@@H]1C. The maximum absolute atomic E-state index is 11.8. The number of hydrogen-bond acceptors (Lipinski definition) is 4. The highest BCUT2D eigenvalue weighted by molar-refractivity contribution is 7.91. The van der Waals surface area contributed by atoms with Gasteiger partial charge in [0.1, 0.15) is 0 Å². The Morgan fingerprint density at radius 2 is 2.00 bits per heavy atom. The predicted molar refractivity (Wildman–Crippen MR) is 113 cm³/mol. The number of thiocarbonyl (C=S) groups is 1. The van der Waals surface area contributed by atoms with Crippen LogP contribution in [0.3, 0.4) is 0 Å². The molecule has 2 heterocycles. The average molecular weight is 413 g/mol. The third kappa shape index (κ3) is 4.65. The standard InChI is InChI=1S/C19H32N4O2S2/c1-13-7-5-6-8-18(13)20-19(26)22(4)11-17-14(2)21-23(15(17)3)16-9-10-27(24,25)12-16/h13,16,18H,5-12H2,1-4H3,(H,20,26)/t13-,16-,18+/m0/s1. The second kappa shape index (κ2) is 8.07. The molecule has 6 nitrogen and oxygen atoms in total. The zero-order chi connectivity index (χ0) is 19.8. The highest BCUT2D eigenvalue weighted by Crippen LogP contribution is 2.27. The molecule has 1 aliphatic heterocycles. The molecule has 0 aromatic carbocycles. The van der Waals surface area contributed by atoms with Crippen molar-refractivity contribution in [3.63, 3.8) is 0 Å². The van der Waals surface area contributed by atoms with E-state index in [1.807, 2.05) is 25.6 Å². The van der Waals surface area contributed by atoms with E-state index in [0.29, 0.717) is 24.9 Å². The molecule has 27 heavy (non-hydrogen) atoms. The van der Waals surface area contributed by atoms with Crippen molar-refractivity contribution in [2.24, 2.45) is 5.92 Å². The van der Waals surface area contributed by atoms with Crippen LogP contribution in [0.25, 0.3) is 0 Å². The molecule has 0 amide bonds. The van der Waals surface area contributed by atoms with Gasteiger partial charge < -0.3 is 10.2 Å². The zero-order valence-electron chi connectivity index (χ0n) is 16.9. The molecule has 3 atom stereocenters. The second-order valence-corrected chi connectivity index (χ2v) is 10.9. The molecule has 1 aromatic rings. The van der Waals surface area contributed by atoms with Crippen molar-refractivity contribution in [2.45, 2.75) is 71.5 Å². The van der Waals surface area contributed by atoms with Gasteiger partial charge in [-0.3, -0.25) is 4.68 Å². The summed E-state index contributed by atoms with van der Waals surface area (Å²) in [5.74, 6) is 1.11. The summed E-state index contributed by atoms with van der Waals surface area (Å²) in [7, 11) is -0.911. The predicted octanol–water partition coefficient (Wildman–Crippen LogP) is 2.74. The van der Waals surface area contributed by atoms with E-state index < -0.39 is 9.84 Å². The monoisotopic (exact) mass is 412 g/mol. The van der Waals surface area contributed by atoms with E-state index in [1.54, 1.807) is 0 Å². The lowest BCUT2D eigenvalue weighted by Gasteiger charge is -2.33. The van der Waals surface area contributed by atoms with E-state index >= 15 is 0 Å². The molecule has 1 aliphatic carbocycles. The molecule has 1 aromatic heterocycles. The summed E-state index contributed by atoms with van der Waals surface area (Å²) in [4.78, 5) is 2.07. The van der Waals surface area contributed by atoms with Crippen molar-refractivity contribution in [1.82, 2.24) is 20.0 Å². The summed E-state index contributed by atoms with van der Waals surface area (Å²) in [6.45, 7) is 7.01. The van der Waals surface area contributed by atoms with Gasteiger partial charge in [-0.1, -0.05) is 19.8 Å². The molecule has 1 saturated carbocycles. The van der Waals surface area contributed by atoms with Crippen LogP contribution in [0.2, 0.25) is 0 Å². The molecule has 3 rings (SSSR count). The Morgan fingerprint density at radius 3 is 2.63 bits per heavy atom. The largest absolute Gasteiger partial charge is 0.360 e. The Balaban J connectivity index is 1.67. The summed E-state index contributed by atoms with van der Waals surface area (Å²) in [6.07, 6.45) is 5.68. The first-order chi connectivity index (χ1) is 12.7. The van der Waals surface area contributed by atoms with Gasteiger partial charge in [0.25, 0.3) is 0 Å². The van der Waals surface area contributed by atoms with E-state index in [4.69, 9.17) is 12.2 Å². The lowest BCUT2D eigenvalue weighted by Crippen LogP contribution is -2.46. The van der Waals surface area contributed by atoms with Crippen molar-refractivity contribution in [3.05, 3.63) is 17.0 Å². The number of sulfone groups is 1. The highest BCUT2D eigenvalue weighted by Gasteiger charge is 2.31. The third-order valence-corrected chi connectivity index (χ3v) is 8.37. The van der Waals surface area contributed by atoms with Gasteiger partial charge in [0.05, 0.1) is 23.2 Å². The highest BCUT2D eigenvalue weighted by atomic mass is 32.2. The molecule has 0 unspecified atom stereocenters. The summed E-state index contributed by atoms with van der Waals surface area (Å²) in [6, 6.07) is 0.420. The van der Waals surface area contributed by atoms with E-state index in [2.05, 4.69) is 22.2 Å². The van der Waals surface area contributed by atoms with Crippen molar-refractivity contribution in [1.29, 1.82) is 0 Å². The molecule has 1 N–H and O–H groups in total.